The first-order valence-electron chi connectivity index (χ1n) is 7.80. The van der Waals surface area contributed by atoms with Crippen molar-refractivity contribution in [1.29, 1.82) is 0 Å². The van der Waals surface area contributed by atoms with Gasteiger partial charge in [0.1, 0.15) is 11.7 Å². The van der Waals surface area contributed by atoms with Crippen molar-refractivity contribution in [3.05, 3.63) is 0 Å². The second kappa shape index (κ2) is 5.98. The summed E-state index contributed by atoms with van der Waals surface area (Å²) >= 11 is 0. The standard InChI is InChI=1S/C14H27NO7Si/c1-23(2,3)5-4-22-12(20)15-14-8(6-16)9(14)10(18)11(19)13(14,21)7-17/h8-11,16-19,21H,4-7H2,1-3H3,(H,15,20)/t8-,9+,10+,11+,13+,14-/m1/s1. The Hall–Kier alpha value is -0.713. The Morgan fingerprint density at radius 1 is 1.26 bits per heavy atom. The topological polar surface area (TPSA) is 139 Å². The van der Waals surface area contributed by atoms with Crippen LogP contribution < -0.4 is 5.32 Å². The number of aliphatic hydroxyl groups excluding tert-OH is 4. The summed E-state index contributed by atoms with van der Waals surface area (Å²) in [5.41, 5.74) is -3.60. The highest BCUT2D eigenvalue weighted by atomic mass is 28.3. The van der Waals surface area contributed by atoms with Crippen molar-refractivity contribution in [3.8, 4) is 0 Å². The molecule has 0 aliphatic heterocycles. The van der Waals surface area contributed by atoms with E-state index in [4.69, 9.17) is 4.74 Å². The molecule has 0 radical (unpaired) electrons. The summed E-state index contributed by atoms with van der Waals surface area (Å²) < 4.78 is 5.12. The number of ether oxygens (including phenoxy) is 1. The molecule has 23 heavy (non-hydrogen) atoms. The molecule has 2 aliphatic rings. The number of fused-ring (bicyclic) bond motifs is 1. The molecule has 0 aromatic heterocycles. The zero-order valence-electron chi connectivity index (χ0n) is 13.7. The highest BCUT2D eigenvalue weighted by Gasteiger charge is 2.85. The van der Waals surface area contributed by atoms with Crippen LogP contribution in [0.1, 0.15) is 0 Å². The number of nitrogens with one attached hydrogen (secondary N) is 1. The molecule has 0 spiro atoms. The van der Waals surface area contributed by atoms with Gasteiger partial charge in [0, 0.05) is 26.5 Å². The first kappa shape index (κ1) is 18.6. The highest BCUT2D eigenvalue weighted by molar-refractivity contribution is 6.76. The van der Waals surface area contributed by atoms with Crippen LogP contribution in [-0.2, 0) is 4.74 Å². The van der Waals surface area contributed by atoms with Gasteiger partial charge < -0.3 is 35.6 Å². The second-order valence-corrected chi connectivity index (χ2v) is 13.4. The molecule has 2 fully saturated rings. The van der Waals surface area contributed by atoms with E-state index in [-0.39, 0.29) is 6.61 Å². The minimum Gasteiger partial charge on any atom is -0.450 e. The molecule has 9 heteroatoms. The third-order valence-electron chi connectivity index (χ3n) is 5.16. The van der Waals surface area contributed by atoms with Crippen molar-refractivity contribution >= 4 is 14.2 Å². The number of aliphatic hydroxyl groups is 5. The highest BCUT2D eigenvalue weighted by Crippen LogP contribution is 2.65. The first-order valence-corrected chi connectivity index (χ1v) is 11.5. The van der Waals surface area contributed by atoms with Crippen LogP contribution in [0.3, 0.4) is 0 Å². The van der Waals surface area contributed by atoms with Gasteiger partial charge in [0.2, 0.25) is 0 Å². The Morgan fingerprint density at radius 3 is 2.35 bits per heavy atom. The van der Waals surface area contributed by atoms with Gasteiger partial charge in [-0.1, -0.05) is 19.6 Å². The summed E-state index contributed by atoms with van der Waals surface area (Å²) in [7, 11) is -1.37. The third-order valence-corrected chi connectivity index (χ3v) is 6.87. The number of hydrogen-bond acceptors (Lipinski definition) is 7. The smallest absolute Gasteiger partial charge is 0.407 e. The molecule has 0 saturated heterocycles. The lowest BCUT2D eigenvalue weighted by atomic mass is 9.87. The normalized spacial score (nSPS) is 42.3. The molecular weight excluding hydrogens is 322 g/mol. The first-order chi connectivity index (χ1) is 10.5. The van der Waals surface area contributed by atoms with Crippen LogP contribution in [0.25, 0.3) is 0 Å². The van der Waals surface area contributed by atoms with E-state index in [0.717, 1.165) is 6.04 Å². The van der Waals surface area contributed by atoms with E-state index in [1.54, 1.807) is 0 Å². The lowest BCUT2D eigenvalue weighted by Gasteiger charge is -2.36. The quantitative estimate of drug-likeness (QED) is 0.320. The van der Waals surface area contributed by atoms with Crippen molar-refractivity contribution in [2.24, 2.45) is 11.8 Å². The Kier molecular flexibility index (Phi) is 4.84. The molecule has 2 saturated carbocycles. The van der Waals surface area contributed by atoms with Gasteiger partial charge in [-0.05, 0) is 6.04 Å². The zero-order chi connectivity index (χ0) is 17.6. The number of alkyl carbamates (subject to hydrolysis) is 1. The van der Waals surface area contributed by atoms with Gasteiger partial charge in [0.15, 0.2) is 0 Å². The Bertz CT molecular complexity index is 471. The molecule has 2 rings (SSSR count). The van der Waals surface area contributed by atoms with E-state index in [2.05, 4.69) is 25.0 Å². The summed E-state index contributed by atoms with van der Waals surface area (Å²) in [4.78, 5) is 12.0. The van der Waals surface area contributed by atoms with E-state index in [0.29, 0.717) is 0 Å². The van der Waals surface area contributed by atoms with E-state index in [9.17, 15) is 30.3 Å². The van der Waals surface area contributed by atoms with E-state index in [1.165, 1.54) is 0 Å². The maximum atomic E-state index is 12.0. The van der Waals surface area contributed by atoms with Gasteiger partial charge in [0.25, 0.3) is 0 Å². The van der Waals surface area contributed by atoms with Crippen LogP contribution in [0.4, 0.5) is 4.79 Å². The molecule has 6 atom stereocenters. The zero-order valence-corrected chi connectivity index (χ0v) is 14.7. The van der Waals surface area contributed by atoms with Crippen molar-refractivity contribution in [3.63, 3.8) is 0 Å². The van der Waals surface area contributed by atoms with Crippen LogP contribution in [0.15, 0.2) is 0 Å². The monoisotopic (exact) mass is 349 g/mol. The molecule has 2 aliphatic carbocycles. The van der Waals surface area contributed by atoms with E-state index >= 15 is 0 Å². The predicted molar refractivity (Wildman–Crippen MR) is 83.5 cm³/mol. The van der Waals surface area contributed by atoms with Crippen LogP contribution in [-0.4, -0.2) is 82.9 Å². The fraction of sp³-hybridized carbons (Fsp3) is 0.929. The SMILES string of the molecule is C[Si](C)(C)CCOC(=O)N[C@]12[C@H]([C@H](O)[C@H](O)[C@@]1(O)CO)[C@H]2CO. The van der Waals surface area contributed by atoms with Gasteiger partial charge in [0.05, 0.1) is 24.9 Å². The van der Waals surface area contributed by atoms with Crippen molar-refractivity contribution < 1.29 is 35.1 Å². The van der Waals surface area contributed by atoms with Gasteiger partial charge in [-0.3, -0.25) is 0 Å². The van der Waals surface area contributed by atoms with Crippen molar-refractivity contribution in [1.82, 2.24) is 5.32 Å². The summed E-state index contributed by atoms with van der Waals surface area (Å²) in [6.07, 6.45) is -3.74. The van der Waals surface area contributed by atoms with E-state index in [1.807, 2.05) is 0 Å². The molecule has 134 valence electrons. The number of carbonyl (C=O) groups is 1. The van der Waals surface area contributed by atoms with Gasteiger partial charge in [-0.25, -0.2) is 4.79 Å². The summed E-state index contributed by atoms with van der Waals surface area (Å²) in [6, 6.07) is 0.774. The maximum Gasteiger partial charge on any atom is 0.407 e. The van der Waals surface area contributed by atoms with Crippen LogP contribution in [0.2, 0.25) is 25.7 Å². The molecule has 6 N–H and O–H groups in total. The lowest BCUT2D eigenvalue weighted by Crippen LogP contribution is -2.63. The minimum absolute atomic E-state index is 0.231. The molecule has 0 aromatic rings. The minimum atomic E-state index is -2.12. The maximum absolute atomic E-state index is 12.0. The van der Waals surface area contributed by atoms with Crippen LogP contribution in [0.5, 0.6) is 0 Å². The number of amides is 1. The Morgan fingerprint density at radius 2 is 1.87 bits per heavy atom. The molecule has 1 amide bonds. The summed E-state index contributed by atoms with van der Waals surface area (Å²) in [6.45, 7) is 5.40. The fourth-order valence-electron chi connectivity index (χ4n) is 3.75. The van der Waals surface area contributed by atoms with Gasteiger partial charge in [-0.15, -0.1) is 0 Å². The number of carbonyl (C=O) groups excluding carboxylic acids is 1. The lowest BCUT2D eigenvalue weighted by molar-refractivity contribution is -0.146. The molecule has 0 bridgehead atoms. The molecule has 0 aromatic carbocycles. The Balaban J connectivity index is 2.08. The predicted octanol–water partition coefficient (Wildman–Crippen LogP) is -1.51. The van der Waals surface area contributed by atoms with Crippen molar-refractivity contribution in [2.45, 2.75) is 49.0 Å². The van der Waals surface area contributed by atoms with E-state index < -0.39 is 62.6 Å². The van der Waals surface area contributed by atoms with Gasteiger partial charge in [-0.2, -0.15) is 0 Å². The number of rotatable bonds is 6. The van der Waals surface area contributed by atoms with Crippen molar-refractivity contribution in [2.75, 3.05) is 19.8 Å². The number of hydrogen-bond donors (Lipinski definition) is 6. The average Bonchev–Trinajstić information content (AvgIpc) is 3.07. The third kappa shape index (κ3) is 2.79. The van der Waals surface area contributed by atoms with Gasteiger partial charge >= 0.3 is 6.09 Å². The molecule has 8 nitrogen and oxygen atoms in total. The largest absolute Gasteiger partial charge is 0.450 e. The fourth-order valence-corrected chi connectivity index (χ4v) is 4.47. The average molecular weight is 349 g/mol. The molecule has 0 unspecified atom stereocenters. The van der Waals surface area contributed by atoms with Crippen LogP contribution in [0, 0.1) is 11.8 Å². The summed E-state index contributed by atoms with van der Waals surface area (Å²) in [5, 5.41) is 52.0. The summed E-state index contributed by atoms with van der Waals surface area (Å²) in [5.74, 6) is -1.38. The molecule has 0 heterocycles. The van der Waals surface area contributed by atoms with Crippen LogP contribution >= 0.6 is 0 Å². The molecular formula is C14H27NO7Si. The Labute approximate surface area is 136 Å². The second-order valence-electron chi connectivity index (χ2n) is 7.77.